The Kier molecular flexibility index (Phi) is 2.97. The number of hydrogen-bond acceptors (Lipinski definition) is 4. The molecule has 1 N–H and O–H groups in total. The van der Waals surface area contributed by atoms with Crippen LogP contribution in [0, 0.1) is 0 Å². The van der Waals surface area contributed by atoms with Gasteiger partial charge in [-0.05, 0) is 12.5 Å². The van der Waals surface area contributed by atoms with Crippen molar-refractivity contribution >= 4 is 28.7 Å². The fourth-order valence-corrected chi connectivity index (χ4v) is 2.35. The first-order valence-corrected chi connectivity index (χ1v) is 6.25. The van der Waals surface area contributed by atoms with Crippen LogP contribution in [0.3, 0.4) is 0 Å². The molecule has 4 nitrogen and oxygen atoms in total. The molecule has 0 saturated carbocycles. The number of benzene rings is 1. The fraction of sp³-hybridized carbons (Fsp3) is 0.308. The first-order valence-electron chi connectivity index (χ1n) is 5.87. The normalized spacial score (nSPS) is 15.6. The van der Waals surface area contributed by atoms with E-state index in [0.717, 1.165) is 19.5 Å². The van der Waals surface area contributed by atoms with Crippen LogP contribution in [0.15, 0.2) is 28.7 Å². The van der Waals surface area contributed by atoms with Crippen LogP contribution in [0.4, 0.5) is 6.01 Å². The number of aliphatic hydroxyl groups is 1. The van der Waals surface area contributed by atoms with Gasteiger partial charge in [-0.2, -0.15) is 4.98 Å². The molecular weight excluding hydrogens is 252 g/mol. The lowest BCUT2D eigenvalue weighted by atomic mass is 10.2. The molecule has 0 fully saturated rings. The summed E-state index contributed by atoms with van der Waals surface area (Å²) >= 11 is 5.97. The molecule has 0 radical (unpaired) electrons. The summed E-state index contributed by atoms with van der Waals surface area (Å²) in [6, 6.07) is 4.03. The van der Waals surface area contributed by atoms with Gasteiger partial charge in [0.15, 0.2) is 5.58 Å². The Bertz CT molecular complexity index is 606. The predicted octanol–water partition coefficient (Wildman–Crippen LogP) is 2.74. The van der Waals surface area contributed by atoms with Crippen molar-refractivity contribution in [1.82, 2.24) is 4.98 Å². The molecule has 1 aliphatic heterocycles. The van der Waals surface area contributed by atoms with E-state index >= 15 is 0 Å². The minimum absolute atomic E-state index is 0.0943. The molecule has 5 heteroatoms. The maximum absolute atomic E-state index is 9.31. The predicted molar refractivity (Wildman–Crippen MR) is 70.9 cm³/mol. The van der Waals surface area contributed by atoms with Crippen LogP contribution in [0.2, 0.25) is 5.02 Å². The van der Waals surface area contributed by atoms with Crippen LogP contribution in [0.5, 0.6) is 0 Å². The van der Waals surface area contributed by atoms with Crippen molar-refractivity contribution in [3.05, 3.63) is 34.9 Å². The summed E-state index contributed by atoms with van der Waals surface area (Å²) in [5.41, 5.74) is 2.00. The topological polar surface area (TPSA) is 49.5 Å². The largest absolute Gasteiger partial charge is 0.423 e. The van der Waals surface area contributed by atoms with Gasteiger partial charge in [0.25, 0.3) is 6.01 Å². The second kappa shape index (κ2) is 4.63. The Balaban J connectivity index is 2.07. The molecule has 0 saturated heterocycles. The highest BCUT2D eigenvalue weighted by Gasteiger charge is 2.16. The van der Waals surface area contributed by atoms with E-state index in [9.17, 15) is 5.11 Å². The average molecular weight is 265 g/mol. The highest BCUT2D eigenvalue weighted by Crippen LogP contribution is 2.28. The molecule has 2 aromatic rings. The first-order chi connectivity index (χ1) is 8.78. The molecule has 0 aliphatic carbocycles. The third kappa shape index (κ3) is 1.98. The summed E-state index contributed by atoms with van der Waals surface area (Å²) in [6.45, 7) is 1.60. The van der Waals surface area contributed by atoms with E-state index in [1.165, 1.54) is 0 Å². The van der Waals surface area contributed by atoms with Crippen LogP contribution >= 0.6 is 11.6 Å². The molecule has 94 valence electrons. The highest BCUT2D eigenvalue weighted by atomic mass is 35.5. The van der Waals surface area contributed by atoms with Gasteiger partial charge in [-0.3, -0.25) is 0 Å². The Morgan fingerprint density at radius 3 is 3.00 bits per heavy atom. The molecule has 0 atom stereocenters. The Hall–Kier alpha value is -1.52. The zero-order valence-corrected chi connectivity index (χ0v) is 10.5. The third-order valence-electron chi connectivity index (χ3n) is 3.03. The van der Waals surface area contributed by atoms with Crippen LogP contribution in [0.25, 0.3) is 11.1 Å². The summed E-state index contributed by atoms with van der Waals surface area (Å²) in [6.07, 6.45) is 5.24. The third-order valence-corrected chi connectivity index (χ3v) is 3.24. The number of aliphatic hydroxyl groups excluding tert-OH is 1. The molecule has 0 spiro atoms. The number of oxazole rings is 1. The van der Waals surface area contributed by atoms with Gasteiger partial charge in [0.1, 0.15) is 5.52 Å². The van der Waals surface area contributed by atoms with Crippen molar-refractivity contribution in [2.24, 2.45) is 0 Å². The van der Waals surface area contributed by atoms with E-state index in [2.05, 4.69) is 22.0 Å². The molecule has 18 heavy (non-hydrogen) atoms. The number of rotatable bonds is 2. The maximum atomic E-state index is 9.31. The quantitative estimate of drug-likeness (QED) is 0.848. The van der Waals surface area contributed by atoms with E-state index < -0.39 is 0 Å². The molecule has 1 aromatic heterocycles. The molecule has 0 unspecified atom stereocenters. The van der Waals surface area contributed by atoms with Crippen molar-refractivity contribution in [3.8, 4) is 0 Å². The first kappa shape index (κ1) is 11.6. The number of aromatic nitrogens is 1. The number of halogens is 1. The van der Waals surface area contributed by atoms with Gasteiger partial charge >= 0.3 is 0 Å². The number of fused-ring (bicyclic) bond motifs is 1. The second-order valence-corrected chi connectivity index (χ2v) is 4.71. The summed E-state index contributed by atoms with van der Waals surface area (Å²) in [4.78, 5) is 6.52. The van der Waals surface area contributed by atoms with E-state index in [1.54, 1.807) is 12.1 Å². The minimum atomic E-state index is -0.0943. The summed E-state index contributed by atoms with van der Waals surface area (Å²) in [5.74, 6) is 0. The zero-order valence-electron chi connectivity index (χ0n) is 9.77. The molecule has 2 heterocycles. The van der Waals surface area contributed by atoms with Gasteiger partial charge in [-0.25, -0.2) is 0 Å². The number of hydrogen-bond donors (Lipinski definition) is 1. The lowest BCUT2D eigenvalue weighted by Gasteiger charge is -2.20. The second-order valence-electron chi connectivity index (χ2n) is 4.27. The van der Waals surface area contributed by atoms with Crippen LogP contribution in [-0.2, 0) is 6.61 Å². The number of nitrogens with zero attached hydrogens (tertiary/aromatic N) is 2. The molecular formula is C13H13ClN2O2. The zero-order chi connectivity index (χ0) is 12.5. The molecule has 0 bridgehead atoms. The van der Waals surface area contributed by atoms with Gasteiger partial charge in [0.05, 0.1) is 6.61 Å². The van der Waals surface area contributed by atoms with Gasteiger partial charge < -0.3 is 14.4 Å². The van der Waals surface area contributed by atoms with Crippen molar-refractivity contribution < 1.29 is 9.52 Å². The van der Waals surface area contributed by atoms with Crippen molar-refractivity contribution in [2.45, 2.75) is 13.0 Å². The van der Waals surface area contributed by atoms with E-state index in [0.29, 0.717) is 27.7 Å². The number of anilines is 1. The SMILES string of the molecule is OCc1cc(Cl)cc2oc(N3CC=CCC3)nc12. The van der Waals surface area contributed by atoms with Gasteiger partial charge in [-0.15, -0.1) is 0 Å². The maximum Gasteiger partial charge on any atom is 0.298 e. The highest BCUT2D eigenvalue weighted by molar-refractivity contribution is 6.31. The minimum Gasteiger partial charge on any atom is -0.423 e. The van der Waals surface area contributed by atoms with Crippen LogP contribution < -0.4 is 4.90 Å². The smallest absolute Gasteiger partial charge is 0.298 e. The van der Waals surface area contributed by atoms with Crippen molar-refractivity contribution in [2.75, 3.05) is 18.0 Å². The monoisotopic (exact) mass is 264 g/mol. The fourth-order valence-electron chi connectivity index (χ4n) is 2.12. The summed E-state index contributed by atoms with van der Waals surface area (Å²) in [5, 5.41) is 9.86. The summed E-state index contributed by atoms with van der Waals surface area (Å²) < 4.78 is 5.72. The van der Waals surface area contributed by atoms with Gasteiger partial charge in [0.2, 0.25) is 0 Å². The Morgan fingerprint density at radius 2 is 2.28 bits per heavy atom. The molecule has 0 amide bonds. The average Bonchev–Trinajstić information content (AvgIpc) is 2.82. The Morgan fingerprint density at radius 1 is 1.39 bits per heavy atom. The standard InChI is InChI=1S/C13H13ClN2O2/c14-10-6-9(8-17)12-11(7-10)18-13(15-12)16-4-2-1-3-5-16/h1-2,6-7,17H,3-5,8H2. The lowest BCUT2D eigenvalue weighted by molar-refractivity contribution is 0.283. The van der Waals surface area contributed by atoms with E-state index in [4.69, 9.17) is 16.0 Å². The van der Waals surface area contributed by atoms with Crippen LogP contribution in [-0.4, -0.2) is 23.2 Å². The van der Waals surface area contributed by atoms with Crippen molar-refractivity contribution in [1.29, 1.82) is 0 Å². The van der Waals surface area contributed by atoms with Gasteiger partial charge in [-0.1, -0.05) is 23.8 Å². The summed E-state index contributed by atoms with van der Waals surface area (Å²) in [7, 11) is 0. The molecule has 3 rings (SSSR count). The van der Waals surface area contributed by atoms with E-state index in [1.807, 2.05) is 0 Å². The van der Waals surface area contributed by atoms with Crippen molar-refractivity contribution in [3.63, 3.8) is 0 Å². The lowest BCUT2D eigenvalue weighted by Crippen LogP contribution is -2.26. The molecule has 1 aromatic carbocycles. The Labute approximate surface area is 109 Å². The van der Waals surface area contributed by atoms with E-state index in [-0.39, 0.29) is 6.61 Å². The van der Waals surface area contributed by atoms with Crippen LogP contribution in [0.1, 0.15) is 12.0 Å². The van der Waals surface area contributed by atoms with Gasteiger partial charge in [0, 0.05) is 29.7 Å². The molecule has 1 aliphatic rings.